The van der Waals surface area contributed by atoms with Crippen LogP contribution in [0.3, 0.4) is 0 Å². The Morgan fingerprint density at radius 2 is 2.16 bits per heavy atom. The molecule has 1 N–H and O–H groups in total. The standard InChI is InChI=1S/C14H13N3O2/c1-18-13-4-2-3-12-11(13)5-7-15-14(12)16-9-10-6-8-19-17-10/h2-8H,9H2,1H3,(H,15,16). The Bertz CT molecular complexity index is 680. The second-order valence-electron chi connectivity index (χ2n) is 4.06. The van der Waals surface area contributed by atoms with Crippen molar-refractivity contribution in [1.29, 1.82) is 0 Å². The fourth-order valence-electron chi connectivity index (χ4n) is 2.00. The van der Waals surface area contributed by atoms with Crippen molar-refractivity contribution in [1.82, 2.24) is 10.1 Å². The third kappa shape index (κ3) is 2.22. The van der Waals surface area contributed by atoms with Crippen molar-refractivity contribution in [3.8, 4) is 5.75 Å². The average molecular weight is 255 g/mol. The summed E-state index contributed by atoms with van der Waals surface area (Å²) in [5.74, 6) is 1.64. The van der Waals surface area contributed by atoms with E-state index in [0.717, 1.165) is 28.0 Å². The molecule has 1 aromatic carbocycles. The van der Waals surface area contributed by atoms with Gasteiger partial charge in [0.1, 0.15) is 23.5 Å². The van der Waals surface area contributed by atoms with Gasteiger partial charge in [0.05, 0.1) is 13.7 Å². The van der Waals surface area contributed by atoms with Crippen LogP contribution < -0.4 is 10.1 Å². The van der Waals surface area contributed by atoms with Gasteiger partial charge in [-0.1, -0.05) is 17.3 Å². The fraction of sp³-hybridized carbons (Fsp3) is 0.143. The lowest BCUT2D eigenvalue weighted by molar-refractivity contribution is 0.412. The number of nitrogens with zero attached hydrogens (tertiary/aromatic N) is 2. The molecule has 3 aromatic rings. The van der Waals surface area contributed by atoms with E-state index in [2.05, 4.69) is 15.5 Å². The highest BCUT2D eigenvalue weighted by atomic mass is 16.5. The number of ether oxygens (including phenoxy) is 1. The summed E-state index contributed by atoms with van der Waals surface area (Å²) in [4.78, 5) is 4.36. The molecule has 0 spiro atoms. The van der Waals surface area contributed by atoms with Gasteiger partial charge in [0.15, 0.2) is 0 Å². The third-order valence-electron chi connectivity index (χ3n) is 2.91. The van der Waals surface area contributed by atoms with Crippen LogP contribution in [0, 0.1) is 0 Å². The maximum atomic E-state index is 5.35. The lowest BCUT2D eigenvalue weighted by Gasteiger charge is -2.09. The summed E-state index contributed by atoms with van der Waals surface area (Å²) in [6, 6.07) is 9.65. The number of fused-ring (bicyclic) bond motifs is 1. The average Bonchev–Trinajstić information content (AvgIpc) is 2.97. The molecule has 0 bridgehead atoms. The molecule has 5 heteroatoms. The van der Waals surface area contributed by atoms with E-state index in [9.17, 15) is 0 Å². The summed E-state index contributed by atoms with van der Waals surface area (Å²) in [6.07, 6.45) is 3.31. The Kier molecular flexibility index (Phi) is 3.02. The molecule has 0 aliphatic heterocycles. The molecule has 2 heterocycles. The Morgan fingerprint density at radius 1 is 1.21 bits per heavy atom. The maximum Gasteiger partial charge on any atom is 0.134 e. The minimum atomic E-state index is 0.569. The second kappa shape index (κ2) is 4.97. The summed E-state index contributed by atoms with van der Waals surface area (Å²) in [5, 5.41) is 9.16. The molecule has 0 fully saturated rings. The molecule has 0 aliphatic carbocycles. The van der Waals surface area contributed by atoms with Crippen LogP contribution in [0.4, 0.5) is 5.82 Å². The molecule has 0 saturated heterocycles. The van der Waals surface area contributed by atoms with Crippen LogP contribution >= 0.6 is 0 Å². The van der Waals surface area contributed by atoms with Crippen LogP contribution in [0.15, 0.2) is 47.3 Å². The number of methoxy groups -OCH3 is 1. The zero-order chi connectivity index (χ0) is 13.1. The number of anilines is 1. The van der Waals surface area contributed by atoms with Crippen molar-refractivity contribution < 1.29 is 9.26 Å². The first-order chi connectivity index (χ1) is 9.38. The molecule has 0 amide bonds. The van der Waals surface area contributed by atoms with Gasteiger partial charge in [0.25, 0.3) is 0 Å². The highest BCUT2D eigenvalue weighted by Gasteiger charge is 2.06. The Labute approximate surface area is 110 Å². The van der Waals surface area contributed by atoms with E-state index < -0.39 is 0 Å². The second-order valence-corrected chi connectivity index (χ2v) is 4.06. The van der Waals surface area contributed by atoms with Crippen molar-refractivity contribution in [3.63, 3.8) is 0 Å². The number of rotatable bonds is 4. The van der Waals surface area contributed by atoms with Gasteiger partial charge < -0.3 is 14.6 Å². The quantitative estimate of drug-likeness (QED) is 0.776. The number of aromatic nitrogens is 2. The zero-order valence-electron chi connectivity index (χ0n) is 10.5. The van der Waals surface area contributed by atoms with E-state index in [-0.39, 0.29) is 0 Å². The van der Waals surface area contributed by atoms with Crippen LogP contribution in [0.1, 0.15) is 5.69 Å². The van der Waals surface area contributed by atoms with Gasteiger partial charge in [0, 0.05) is 23.0 Å². The first-order valence-corrected chi connectivity index (χ1v) is 5.93. The Balaban J connectivity index is 1.95. The highest BCUT2D eigenvalue weighted by Crippen LogP contribution is 2.29. The highest BCUT2D eigenvalue weighted by molar-refractivity contribution is 5.95. The van der Waals surface area contributed by atoms with Gasteiger partial charge in [0.2, 0.25) is 0 Å². The number of pyridine rings is 1. The summed E-state index contributed by atoms with van der Waals surface area (Å²) in [6.45, 7) is 0.569. The molecule has 0 aliphatic rings. The van der Waals surface area contributed by atoms with Gasteiger partial charge in [-0.3, -0.25) is 0 Å². The summed E-state index contributed by atoms with van der Waals surface area (Å²) in [7, 11) is 1.66. The van der Waals surface area contributed by atoms with E-state index in [1.54, 1.807) is 19.6 Å². The monoisotopic (exact) mass is 255 g/mol. The smallest absolute Gasteiger partial charge is 0.134 e. The van der Waals surface area contributed by atoms with E-state index in [0.29, 0.717) is 6.54 Å². The minimum Gasteiger partial charge on any atom is -0.496 e. The summed E-state index contributed by atoms with van der Waals surface area (Å²) < 4.78 is 10.1. The van der Waals surface area contributed by atoms with Crippen LogP contribution in [-0.4, -0.2) is 17.3 Å². The molecule has 5 nitrogen and oxygen atoms in total. The predicted molar refractivity (Wildman–Crippen MR) is 72.1 cm³/mol. The fourth-order valence-corrected chi connectivity index (χ4v) is 2.00. The molecule has 0 saturated carbocycles. The van der Waals surface area contributed by atoms with Crippen molar-refractivity contribution in [2.24, 2.45) is 0 Å². The third-order valence-corrected chi connectivity index (χ3v) is 2.91. The molecule has 96 valence electrons. The normalized spacial score (nSPS) is 10.6. The Hall–Kier alpha value is -2.56. The lowest BCUT2D eigenvalue weighted by atomic mass is 10.1. The van der Waals surface area contributed by atoms with Gasteiger partial charge in [-0.25, -0.2) is 4.98 Å². The van der Waals surface area contributed by atoms with Crippen molar-refractivity contribution in [3.05, 3.63) is 48.5 Å². The molecule has 0 unspecified atom stereocenters. The first kappa shape index (κ1) is 11.5. The topological polar surface area (TPSA) is 60.2 Å². The van der Waals surface area contributed by atoms with Crippen LogP contribution in [-0.2, 0) is 6.54 Å². The molecule has 3 rings (SSSR count). The van der Waals surface area contributed by atoms with Crippen LogP contribution in [0.5, 0.6) is 5.75 Å². The van der Waals surface area contributed by atoms with E-state index >= 15 is 0 Å². The summed E-state index contributed by atoms with van der Waals surface area (Å²) in [5.41, 5.74) is 0.835. The number of nitrogens with one attached hydrogen (secondary N) is 1. The van der Waals surface area contributed by atoms with Gasteiger partial charge in [-0.2, -0.15) is 0 Å². The largest absolute Gasteiger partial charge is 0.496 e. The van der Waals surface area contributed by atoms with Gasteiger partial charge in [-0.05, 0) is 12.1 Å². The summed E-state index contributed by atoms with van der Waals surface area (Å²) >= 11 is 0. The zero-order valence-corrected chi connectivity index (χ0v) is 10.5. The van der Waals surface area contributed by atoms with Gasteiger partial charge >= 0.3 is 0 Å². The minimum absolute atomic E-state index is 0.569. The van der Waals surface area contributed by atoms with Crippen molar-refractivity contribution in [2.45, 2.75) is 6.54 Å². The van der Waals surface area contributed by atoms with Crippen molar-refractivity contribution in [2.75, 3.05) is 12.4 Å². The number of hydrogen-bond acceptors (Lipinski definition) is 5. The van der Waals surface area contributed by atoms with E-state index in [4.69, 9.17) is 9.26 Å². The number of hydrogen-bond donors (Lipinski definition) is 1. The maximum absolute atomic E-state index is 5.35. The number of benzene rings is 1. The van der Waals surface area contributed by atoms with Crippen LogP contribution in [0.25, 0.3) is 10.8 Å². The van der Waals surface area contributed by atoms with Crippen molar-refractivity contribution >= 4 is 16.6 Å². The molecule has 2 aromatic heterocycles. The lowest BCUT2D eigenvalue weighted by Crippen LogP contribution is -2.02. The Morgan fingerprint density at radius 3 is 2.95 bits per heavy atom. The molecule has 0 radical (unpaired) electrons. The van der Waals surface area contributed by atoms with E-state index in [1.165, 1.54) is 0 Å². The molecular formula is C14H13N3O2. The predicted octanol–water partition coefficient (Wildman–Crippen LogP) is 2.84. The SMILES string of the molecule is COc1cccc2c(NCc3ccon3)nccc12. The first-order valence-electron chi connectivity index (χ1n) is 5.93. The molecular weight excluding hydrogens is 242 g/mol. The van der Waals surface area contributed by atoms with Crippen LogP contribution in [0.2, 0.25) is 0 Å². The van der Waals surface area contributed by atoms with Gasteiger partial charge in [-0.15, -0.1) is 0 Å². The molecule has 0 atom stereocenters. The molecule has 19 heavy (non-hydrogen) atoms. The van der Waals surface area contributed by atoms with E-state index in [1.807, 2.05) is 30.3 Å².